The van der Waals surface area contributed by atoms with Crippen molar-refractivity contribution in [2.75, 3.05) is 19.0 Å². The molecule has 2 N–H and O–H groups in total. The molecule has 0 fully saturated rings. The van der Waals surface area contributed by atoms with Gasteiger partial charge in [-0.1, -0.05) is 29.8 Å². The summed E-state index contributed by atoms with van der Waals surface area (Å²) in [4.78, 5) is 24.3. The number of ether oxygens (including phenoxy) is 1. The van der Waals surface area contributed by atoms with Crippen molar-refractivity contribution in [1.82, 2.24) is 5.32 Å². The Morgan fingerprint density at radius 1 is 1.21 bits per heavy atom. The zero-order valence-corrected chi connectivity index (χ0v) is 15.6. The molecule has 28 heavy (non-hydrogen) atoms. The predicted molar refractivity (Wildman–Crippen MR) is 104 cm³/mol. The van der Waals surface area contributed by atoms with Gasteiger partial charge in [-0.15, -0.1) is 0 Å². The zero-order chi connectivity index (χ0) is 20.1. The van der Waals surface area contributed by atoms with E-state index in [1.807, 2.05) is 36.4 Å². The molecule has 2 aromatic carbocycles. The lowest BCUT2D eigenvalue weighted by atomic mass is 10.2. The number of fused-ring (bicyclic) bond motifs is 1. The van der Waals surface area contributed by atoms with Crippen LogP contribution in [0, 0.1) is 11.3 Å². The second kappa shape index (κ2) is 8.57. The summed E-state index contributed by atoms with van der Waals surface area (Å²) in [5.41, 5.74) is 1.06. The third-order valence-corrected chi connectivity index (χ3v) is 4.29. The van der Waals surface area contributed by atoms with Gasteiger partial charge in [0.05, 0.1) is 17.8 Å². The van der Waals surface area contributed by atoms with Gasteiger partial charge in [-0.2, -0.15) is 5.26 Å². The first kappa shape index (κ1) is 19.4. The van der Waals surface area contributed by atoms with Crippen LogP contribution in [0.2, 0.25) is 5.02 Å². The summed E-state index contributed by atoms with van der Waals surface area (Å²) < 4.78 is 11.1. The zero-order valence-electron chi connectivity index (χ0n) is 14.9. The largest absolute Gasteiger partial charge is 0.458 e. The van der Waals surface area contributed by atoms with Gasteiger partial charge in [0.2, 0.25) is 0 Å². The minimum Gasteiger partial charge on any atom is -0.458 e. The van der Waals surface area contributed by atoms with Gasteiger partial charge in [-0.25, -0.2) is 0 Å². The van der Waals surface area contributed by atoms with Gasteiger partial charge < -0.3 is 19.8 Å². The number of amides is 2. The summed E-state index contributed by atoms with van der Waals surface area (Å²) in [6.45, 7) is 0.0310. The molecule has 1 aromatic heterocycles. The maximum absolute atomic E-state index is 12.1. The van der Waals surface area contributed by atoms with Crippen LogP contribution in [-0.2, 0) is 14.3 Å². The second-order valence-electron chi connectivity index (χ2n) is 5.88. The minimum atomic E-state index is -0.918. The fourth-order valence-corrected chi connectivity index (χ4v) is 2.80. The van der Waals surface area contributed by atoms with Gasteiger partial charge in [0.25, 0.3) is 0 Å². The van der Waals surface area contributed by atoms with E-state index in [9.17, 15) is 9.59 Å². The molecule has 1 unspecified atom stereocenters. The van der Waals surface area contributed by atoms with Crippen LogP contribution in [0.5, 0.6) is 0 Å². The Labute approximate surface area is 165 Å². The Hall–Kier alpha value is -3.34. The molecule has 0 spiro atoms. The van der Waals surface area contributed by atoms with Crippen molar-refractivity contribution in [3.8, 4) is 6.07 Å². The number of furan rings is 1. The molecule has 1 heterocycles. The van der Waals surface area contributed by atoms with E-state index in [2.05, 4.69) is 10.6 Å². The Morgan fingerprint density at radius 2 is 2.00 bits per heavy atom. The number of halogens is 1. The molecule has 3 aromatic rings. The second-order valence-corrected chi connectivity index (χ2v) is 6.31. The van der Waals surface area contributed by atoms with E-state index in [0.29, 0.717) is 16.4 Å². The van der Waals surface area contributed by atoms with Crippen LogP contribution in [0.1, 0.15) is 17.4 Å². The number of benzene rings is 2. The third-order valence-electron chi connectivity index (χ3n) is 4.05. The monoisotopic (exact) mass is 397 g/mol. The minimum absolute atomic E-state index is 0.0310. The highest BCUT2D eigenvalue weighted by Crippen LogP contribution is 2.25. The van der Waals surface area contributed by atoms with E-state index in [1.165, 1.54) is 25.3 Å². The Balaban J connectivity index is 1.64. The molecule has 0 saturated carbocycles. The van der Waals surface area contributed by atoms with Crippen molar-refractivity contribution >= 4 is 40.1 Å². The standard InChI is InChI=1S/C20H16ClN3O4/c1-27-18(17-8-12-4-2-3-5-16(12)28-17)11-23-19(25)20(26)24-15-9-14(21)7-6-13(15)10-22/h2-9,18H,11H2,1H3,(H,23,25)(H,24,26). The first-order chi connectivity index (χ1) is 13.5. The molecule has 0 radical (unpaired) electrons. The van der Waals surface area contributed by atoms with Crippen LogP contribution in [0.3, 0.4) is 0 Å². The number of nitriles is 1. The van der Waals surface area contributed by atoms with Crippen LogP contribution in [0.4, 0.5) is 5.69 Å². The summed E-state index contributed by atoms with van der Waals surface area (Å²) in [5.74, 6) is -1.26. The maximum Gasteiger partial charge on any atom is 0.313 e. The average Bonchev–Trinajstić information content (AvgIpc) is 3.12. The van der Waals surface area contributed by atoms with Gasteiger partial charge >= 0.3 is 11.8 Å². The van der Waals surface area contributed by atoms with Crippen molar-refractivity contribution in [1.29, 1.82) is 5.26 Å². The summed E-state index contributed by atoms with van der Waals surface area (Å²) in [7, 11) is 1.48. The number of hydrogen-bond acceptors (Lipinski definition) is 5. The lowest BCUT2D eigenvalue weighted by molar-refractivity contribution is -0.136. The smallest absolute Gasteiger partial charge is 0.313 e. The average molecular weight is 398 g/mol. The van der Waals surface area contributed by atoms with Crippen LogP contribution < -0.4 is 10.6 Å². The van der Waals surface area contributed by atoms with Crippen LogP contribution in [-0.4, -0.2) is 25.5 Å². The van der Waals surface area contributed by atoms with Crippen molar-refractivity contribution in [2.45, 2.75) is 6.10 Å². The summed E-state index contributed by atoms with van der Waals surface area (Å²) in [5, 5.41) is 15.2. The number of rotatable bonds is 5. The van der Waals surface area contributed by atoms with Crippen molar-refractivity contribution in [3.63, 3.8) is 0 Å². The van der Waals surface area contributed by atoms with Crippen LogP contribution in [0.15, 0.2) is 52.9 Å². The molecule has 0 aliphatic rings. The van der Waals surface area contributed by atoms with Gasteiger partial charge in [0, 0.05) is 17.5 Å². The van der Waals surface area contributed by atoms with Gasteiger partial charge in [-0.3, -0.25) is 9.59 Å². The van der Waals surface area contributed by atoms with E-state index in [1.54, 1.807) is 0 Å². The number of carbonyl (C=O) groups is 2. The molecule has 1 atom stereocenters. The lowest BCUT2D eigenvalue weighted by Crippen LogP contribution is -2.38. The Morgan fingerprint density at radius 3 is 2.71 bits per heavy atom. The SMILES string of the molecule is COC(CNC(=O)C(=O)Nc1cc(Cl)ccc1C#N)c1cc2ccccc2o1. The number of methoxy groups -OCH3 is 1. The van der Waals surface area contributed by atoms with E-state index in [-0.39, 0.29) is 17.8 Å². The molecule has 142 valence electrons. The van der Waals surface area contributed by atoms with Crippen LogP contribution >= 0.6 is 11.6 Å². The normalized spacial score (nSPS) is 11.6. The summed E-state index contributed by atoms with van der Waals surface area (Å²) in [6, 6.07) is 15.6. The summed E-state index contributed by atoms with van der Waals surface area (Å²) >= 11 is 5.87. The van der Waals surface area contributed by atoms with Gasteiger partial charge in [0.15, 0.2) is 0 Å². The van der Waals surface area contributed by atoms with E-state index < -0.39 is 17.9 Å². The predicted octanol–water partition coefficient (Wildman–Crippen LogP) is 3.40. The molecule has 8 heteroatoms. The highest BCUT2D eigenvalue weighted by molar-refractivity contribution is 6.40. The highest BCUT2D eigenvalue weighted by Gasteiger charge is 2.20. The fraction of sp³-hybridized carbons (Fsp3) is 0.150. The quantitative estimate of drug-likeness (QED) is 0.642. The maximum atomic E-state index is 12.1. The third kappa shape index (κ3) is 4.31. The van der Waals surface area contributed by atoms with Crippen molar-refractivity contribution in [3.05, 3.63) is 64.9 Å². The van der Waals surface area contributed by atoms with E-state index in [0.717, 1.165) is 5.39 Å². The highest BCUT2D eigenvalue weighted by atomic mass is 35.5. The van der Waals surface area contributed by atoms with Crippen molar-refractivity contribution in [2.24, 2.45) is 0 Å². The number of para-hydroxylation sites is 1. The van der Waals surface area contributed by atoms with Crippen molar-refractivity contribution < 1.29 is 18.7 Å². The molecule has 2 amide bonds. The molecule has 7 nitrogen and oxygen atoms in total. The number of carbonyl (C=O) groups excluding carboxylic acids is 2. The topological polar surface area (TPSA) is 104 Å². The number of anilines is 1. The molecule has 0 bridgehead atoms. The van der Waals surface area contributed by atoms with Gasteiger partial charge in [-0.05, 0) is 30.3 Å². The van der Waals surface area contributed by atoms with E-state index >= 15 is 0 Å². The number of nitrogens with zero attached hydrogens (tertiary/aromatic N) is 1. The summed E-state index contributed by atoms with van der Waals surface area (Å²) in [6.07, 6.45) is -0.565. The van der Waals surface area contributed by atoms with Gasteiger partial charge in [0.1, 0.15) is 23.5 Å². The van der Waals surface area contributed by atoms with Crippen LogP contribution in [0.25, 0.3) is 11.0 Å². The Bertz CT molecular complexity index is 1040. The molecule has 0 saturated heterocycles. The lowest BCUT2D eigenvalue weighted by Gasteiger charge is -2.14. The molecular formula is C20H16ClN3O4. The molecule has 3 rings (SSSR count). The van der Waals surface area contributed by atoms with E-state index in [4.69, 9.17) is 26.0 Å². The first-order valence-corrected chi connectivity index (χ1v) is 8.69. The number of hydrogen-bond donors (Lipinski definition) is 2. The molecular weight excluding hydrogens is 382 g/mol. The molecule has 0 aliphatic heterocycles. The Kier molecular flexibility index (Phi) is 5.94. The molecule has 0 aliphatic carbocycles. The fourth-order valence-electron chi connectivity index (χ4n) is 2.62. The number of nitrogens with one attached hydrogen (secondary N) is 2. The first-order valence-electron chi connectivity index (χ1n) is 8.32.